The highest BCUT2D eigenvalue weighted by atomic mass is 31.2. The molecule has 0 rings (SSSR count). The number of hydrogen-bond acceptors (Lipinski definition) is 6. The molecule has 9 nitrogen and oxygen atoms in total. The highest BCUT2D eigenvalue weighted by molar-refractivity contribution is 7.47. The molecule has 0 radical (unpaired) electrons. The molecule has 76 heavy (non-hydrogen) atoms. The third-order valence-corrected chi connectivity index (χ3v) is 14.9. The van der Waals surface area contributed by atoms with E-state index in [0.29, 0.717) is 23.9 Å². The highest BCUT2D eigenvalue weighted by Gasteiger charge is 2.30. The smallest absolute Gasteiger partial charge is 0.456 e. The molecule has 0 saturated heterocycles. The maximum Gasteiger partial charge on any atom is 0.472 e. The summed E-state index contributed by atoms with van der Waals surface area (Å²) < 4.78 is 30.7. The van der Waals surface area contributed by atoms with Crippen molar-refractivity contribution < 1.29 is 37.3 Å². The summed E-state index contributed by atoms with van der Waals surface area (Å²) >= 11 is 0. The fourth-order valence-electron chi connectivity index (χ4n) is 8.92. The summed E-state index contributed by atoms with van der Waals surface area (Å²) in [5, 5.41) is 3.04. The van der Waals surface area contributed by atoms with Crippen molar-refractivity contribution in [2.45, 2.75) is 296 Å². The molecule has 0 aromatic rings. The first-order valence-electron chi connectivity index (χ1n) is 31.8. The number of likely N-dealkylation sites (N-methyl/N-ethyl adjacent to an activating group) is 1. The standard InChI is InChI=1S/C66H121N2O7P/c1-7-10-13-16-19-22-25-28-30-32-34-36-38-40-43-46-49-52-55-58-65(69)67-63(62-74-76(71,72)73-61-60-68(4,5)6)64(57-54-51-48-45-42-27-24-21-18-15-12-9-3)75-66(70)59-56-53-50-47-44-41-39-37-35-33-31-29-26-23-20-17-14-11-8-2/h19,22,28-31,34,36,40,43,54,57,63-64H,7-18,20-21,23-27,32-33,35,37-39,41-42,44-53,55-56,58-62H2,1-6H3,(H-,67,69,71,72)/p+1/b22-19-,30-28-,31-29+,36-34-,43-40-,57-54+. The van der Waals surface area contributed by atoms with E-state index in [0.717, 1.165) is 77.0 Å². The first-order chi connectivity index (χ1) is 36.9. The average molecular weight is 1090 g/mol. The van der Waals surface area contributed by atoms with E-state index in [4.69, 9.17) is 13.8 Å². The molecule has 0 aliphatic rings. The lowest BCUT2D eigenvalue weighted by atomic mass is 10.0. The number of quaternary nitrogens is 1. The van der Waals surface area contributed by atoms with Gasteiger partial charge in [-0.1, -0.05) is 242 Å². The van der Waals surface area contributed by atoms with E-state index in [1.807, 2.05) is 33.3 Å². The number of allylic oxidation sites excluding steroid dienone is 11. The third-order valence-electron chi connectivity index (χ3n) is 13.9. The van der Waals surface area contributed by atoms with Gasteiger partial charge in [0.2, 0.25) is 5.91 Å². The van der Waals surface area contributed by atoms with Gasteiger partial charge in [-0.15, -0.1) is 0 Å². The normalized spacial score (nSPS) is 14.1. The number of hydrogen-bond donors (Lipinski definition) is 2. The van der Waals surface area contributed by atoms with E-state index in [1.54, 1.807) is 0 Å². The van der Waals surface area contributed by atoms with E-state index in [2.05, 4.69) is 86.8 Å². The Hall–Kier alpha value is -2.55. The van der Waals surface area contributed by atoms with Crippen molar-refractivity contribution >= 4 is 19.7 Å². The van der Waals surface area contributed by atoms with Crippen molar-refractivity contribution in [1.29, 1.82) is 0 Å². The van der Waals surface area contributed by atoms with Crippen LogP contribution < -0.4 is 5.32 Å². The van der Waals surface area contributed by atoms with Gasteiger partial charge in [-0.25, -0.2) is 4.57 Å². The second kappa shape index (κ2) is 55.8. The van der Waals surface area contributed by atoms with Gasteiger partial charge in [0.1, 0.15) is 19.3 Å². The molecule has 0 aliphatic carbocycles. The molecule has 0 aliphatic heterocycles. The molecule has 442 valence electrons. The van der Waals surface area contributed by atoms with E-state index < -0.39 is 20.0 Å². The van der Waals surface area contributed by atoms with Crippen molar-refractivity contribution in [3.05, 3.63) is 72.9 Å². The molecule has 0 aromatic heterocycles. The minimum atomic E-state index is -4.46. The van der Waals surface area contributed by atoms with Crippen LogP contribution in [0.3, 0.4) is 0 Å². The van der Waals surface area contributed by atoms with Crippen LogP contribution in [0.5, 0.6) is 0 Å². The first kappa shape index (κ1) is 73.5. The van der Waals surface area contributed by atoms with Gasteiger partial charge in [0.25, 0.3) is 0 Å². The number of esters is 1. The largest absolute Gasteiger partial charge is 0.472 e. The van der Waals surface area contributed by atoms with Crippen LogP contribution in [0.1, 0.15) is 284 Å². The van der Waals surface area contributed by atoms with Crippen molar-refractivity contribution in [2.24, 2.45) is 0 Å². The van der Waals surface area contributed by atoms with Crippen LogP contribution in [-0.4, -0.2) is 74.3 Å². The minimum Gasteiger partial charge on any atom is -0.456 e. The van der Waals surface area contributed by atoms with Crippen LogP contribution in [0.2, 0.25) is 0 Å². The van der Waals surface area contributed by atoms with Gasteiger partial charge < -0.3 is 19.4 Å². The number of nitrogens with zero attached hydrogens (tertiary/aromatic N) is 1. The van der Waals surface area contributed by atoms with Gasteiger partial charge in [0, 0.05) is 12.8 Å². The summed E-state index contributed by atoms with van der Waals surface area (Å²) in [5.41, 5.74) is 0. The Balaban J connectivity index is 5.30. The van der Waals surface area contributed by atoms with E-state index >= 15 is 0 Å². The van der Waals surface area contributed by atoms with Gasteiger partial charge >= 0.3 is 13.8 Å². The highest BCUT2D eigenvalue weighted by Crippen LogP contribution is 2.43. The second-order valence-electron chi connectivity index (χ2n) is 22.6. The third kappa shape index (κ3) is 56.2. The van der Waals surface area contributed by atoms with Gasteiger partial charge in [-0.3, -0.25) is 18.6 Å². The molecule has 2 N–H and O–H groups in total. The maximum absolute atomic E-state index is 13.5. The molecule has 0 heterocycles. The van der Waals surface area contributed by atoms with Crippen LogP contribution in [0, 0.1) is 0 Å². The summed E-state index contributed by atoms with van der Waals surface area (Å²) in [6.45, 7) is 6.96. The van der Waals surface area contributed by atoms with E-state index in [-0.39, 0.29) is 31.5 Å². The Morgan fingerprint density at radius 3 is 1.25 bits per heavy atom. The van der Waals surface area contributed by atoms with Crippen molar-refractivity contribution in [3.8, 4) is 0 Å². The molecule has 0 aromatic carbocycles. The molecule has 3 atom stereocenters. The Morgan fingerprint density at radius 2 is 0.803 bits per heavy atom. The quantitative estimate of drug-likeness (QED) is 0.0205. The number of carbonyl (C=O) groups is 2. The SMILES string of the molecule is CCCCC/C=C\C/C=C\C/C=C\C/C=C\CCCCCC(=O)NC(COP(=O)(O)OCC[N+](C)(C)C)C(/C=C/CCCCCCCCCCCC)OC(=O)CCCCCCCCCCC/C=C/CCCCCCCC. The van der Waals surface area contributed by atoms with Crippen LogP contribution >= 0.6 is 7.82 Å². The zero-order valence-corrected chi connectivity index (χ0v) is 51.4. The first-order valence-corrected chi connectivity index (χ1v) is 33.3. The predicted octanol–water partition coefficient (Wildman–Crippen LogP) is 19.6. The lowest BCUT2D eigenvalue weighted by Gasteiger charge is -2.27. The molecule has 0 spiro atoms. The molecule has 1 amide bonds. The molecular weight excluding hydrogens is 964 g/mol. The number of unbranched alkanes of at least 4 members (excludes halogenated alkanes) is 31. The Bertz CT molecular complexity index is 1530. The lowest BCUT2D eigenvalue weighted by molar-refractivity contribution is -0.870. The number of ether oxygens (including phenoxy) is 1. The van der Waals surface area contributed by atoms with Gasteiger partial charge in [0.05, 0.1) is 33.8 Å². The number of nitrogens with one attached hydrogen (secondary N) is 1. The molecule has 0 fully saturated rings. The number of carbonyl (C=O) groups excluding carboxylic acids is 2. The fourth-order valence-corrected chi connectivity index (χ4v) is 9.65. The molecular formula is C66H122N2O7P+. The topological polar surface area (TPSA) is 111 Å². The lowest BCUT2D eigenvalue weighted by Crippen LogP contribution is -2.47. The van der Waals surface area contributed by atoms with Crippen molar-refractivity contribution in [1.82, 2.24) is 5.32 Å². The number of phosphoric ester groups is 1. The summed E-state index contributed by atoms with van der Waals surface area (Å²) in [7, 11) is 1.47. The molecule has 0 bridgehead atoms. The number of phosphoric acid groups is 1. The number of rotatable bonds is 57. The average Bonchev–Trinajstić information content (AvgIpc) is 3.38. The Kier molecular flexibility index (Phi) is 53.9. The zero-order valence-electron chi connectivity index (χ0n) is 50.5. The summed E-state index contributed by atoms with van der Waals surface area (Å²) in [6.07, 6.45) is 71.8. The Morgan fingerprint density at radius 1 is 0.461 bits per heavy atom. The van der Waals surface area contributed by atoms with Gasteiger partial charge in [-0.2, -0.15) is 0 Å². The molecule has 0 saturated carbocycles. The van der Waals surface area contributed by atoms with Crippen molar-refractivity contribution in [3.63, 3.8) is 0 Å². The predicted molar refractivity (Wildman–Crippen MR) is 328 cm³/mol. The van der Waals surface area contributed by atoms with Gasteiger partial charge in [0.15, 0.2) is 0 Å². The fraction of sp³-hybridized carbons (Fsp3) is 0.788. The maximum atomic E-state index is 13.5. The molecule has 10 heteroatoms. The van der Waals surface area contributed by atoms with Crippen LogP contribution in [0.25, 0.3) is 0 Å². The summed E-state index contributed by atoms with van der Waals surface area (Å²) in [5.74, 6) is -0.540. The minimum absolute atomic E-state index is 0.0315. The Labute approximate surface area is 470 Å². The van der Waals surface area contributed by atoms with Crippen LogP contribution in [0.15, 0.2) is 72.9 Å². The summed E-state index contributed by atoms with van der Waals surface area (Å²) in [6, 6.07) is -0.868. The number of amides is 1. The van der Waals surface area contributed by atoms with Gasteiger partial charge in [-0.05, 0) is 102 Å². The summed E-state index contributed by atoms with van der Waals surface area (Å²) in [4.78, 5) is 37.7. The van der Waals surface area contributed by atoms with Crippen LogP contribution in [0.4, 0.5) is 0 Å². The molecule has 3 unspecified atom stereocenters. The van der Waals surface area contributed by atoms with Crippen LogP contribution in [-0.2, 0) is 27.9 Å². The monoisotopic (exact) mass is 1090 g/mol. The second-order valence-corrected chi connectivity index (χ2v) is 24.0. The van der Waals surface area contributed by atoms with E-state index in [1.165, 1.54) is 167 Å². The van der Waals surface area contributed by atoms with Crippen molar-refractivity contribution in [2.75, 3.05) is 40.9 Å². The zero-order chi connectivity index (χ0) is 55.7. The van der Waals surface area contributed by atoms with E-state index in [9.17, 15) is 19.0 Å².